The van der Waals surface area contributed by atoms with E-state index in [1.807, 2.05) is 39.1 Å². The molecule has 1 aliphatic rings. The number of nitrogens with one attached hydrogen (secondary N) is 1. The monoisotopic (exact) mass is 400 g/mol. The standard InChI is InChI=1S/C21H24N2O4S/c1-5-15-20(26)23(12-18(24)22-21(2,3)4)14-11-13(8-9-16(14)27-15)19(25)17-7-6-10-28-17/h6-11,15H,5,12H2,1-4H3,(H,22,24). The molecule has 0 fully saturated rings. The molecule has 148 valence electrons. The van der Waals surface area contributed by atoms with Crippen LogP contribution in [0.25, 0.3) is 0 Å². The van der Waals surface area contributed by atoms with E-state index in [1.54, 1.807) is 24.3 Å². The normalized spacial score (nSPS) is 16.4. The van der Waals surface area contributed by atoms with E-state index in [2.05, 4.69) is 5.32 Å². The van der Waals surface area contributed by atoms with Gasteiger partial charge in [-0.1, -0.05) is 13.0 Å². The van der Waals surface area contributed by atoms with E-state index in [0.29, 0.717) is 28.3 Å². The SMILES string of the molecule is CCC1Oc2ccc(C(=O)c3cccs3)cc2N(CC(=O)NC(C)(C)C)C1=O. The Morgan fingerprint density at radius 2 is 2.00 bits per heavy atom. The van der Waals surface area contributed by atoms with Crippen molar-refractivity contribution in [3.05, 3.63) is 46.2 Å². The Kier molecular flexibility index (Phi) is 5.56. The van der Waals surface area contributed by atoms with Crippen molar-refractivity contribution in [1.82, 2.24) is 5.32 Å². The number of hydrogen-bond donors (Lipinski definition) is 1. The Bertz CT molecular complexity index is 900. The van der Waals surface area contributed by atoms with E-state index >= 15 is 0 Å². The number of anilines is 1. The Hall–Kier alpha value is -2.67. The molecule has 0 saturated heterocycles. The zero-order chi connectivity index (χ0) is 20.5. The lowest BCUT2D eigenvalue weighted by Gasteiger charge is -2.34. The molecule has 1 atom stereocenters. The third kappa shape index (κ3) is 4.25. The topological polar surface area (TPSA) is 75.7 Å². The maximum atomic E-state index is 12.9. The van der Waals surface area contributed by atoms with Gasteiger partial charge in [-0.05, 0) is 56.8 Å². The Morgan fingerprint density at radius 3 is 2.61 bits per heavy atom. The number of rotatable bonds is 5. The van der Waals surface area contributed by atoms with Crippen LogP contribution < -0.4 is 15.0 Å². The van der Waals surface area contributed by atoms with Crippen molar-refractivity contribution in [2.45, 2.75) is 45.8 Å². The largest absolute Gasteiger partial charge is 0.478 e. The van der Waals surface area contributed by atoms with Gasteiger partial charge in [-0.3, -0.25) is 19.3 Å². The number of ether oxygens (including phenoxy) is 1. The van der Waals surface area contributed by atoms with Gasteiger partial charge in [0.15, 0.2) is 6.10 Å². The zero-order valence-corrected chi connectivity index (χ0v) is 17.3. The molecule has 0 aliphatic carbocycles. The molecule has 2 aromatic rings. The number of ketones is 1. The predicted octanol–water partition coefficient (Wildman–Crippen LogP) is 3.40. The Morgan fingerprint density at radius 1 is 1.25 bits per heavy atom. The van der Waals surface area contributed by atoms with Crippen LogP contribution in [0.15, 0.2) is 35.7 Å². The van der Waals surface area contributed by atoms with Gasteiger partial charge in [-0.2, -0.15) is 0 Å². The second-order valence-corrected chi connectivity index (χ2v) is 8.67. The van der Waals surface area contributed by atoms with Crippen LogP contribution in [0.5, 0.6) is 5.75 Å². The number of carbonyl (C=O) groups is 3. The van der Waals surface area contributed by atoms with Crippen molar-refractivity contribution >= 4 is 34.6 Å². The zero-order valence-electron chi connectivity index (χ0n) is 16.4. The van der Waals surface area contributed by atoms with Crippen LogP contribution in [-0.4, -0.2) is 35.8 Å². The molecule has 6 nitrogen and oxygen atoms in total. The van der Waals surface area contributed by atoms with Crippen LogP contribution >= 0.6 is 11.3 Å². The third-order valence-corrected chi connectivity index (χ3v) is 5.12. The van der Waals surface area contributed by atoms with Crippen LogP contribution in [0.1, 0.15) is 49.4 Å². The molecule has 3 rings (SSSR count). The summed E-state index contributed by atoms with van der Waals surface area (Å²) in [6.45, 7) is 7.38. The highest BCUT2D eigenvalue weighted by atomic mass is 32.1. The van der Waals surface area contributed by atoms with Crippen LogP contribution in [-0.2, 0) is 9.59 Å². The van der Waals surface area contributed by atoms with Gasteiger partial charge >= 0.3 is 0 Å². The smallest absolute Gasteiger partial charge is 0.268 e. The number of amides is 2. The summed E-state index contributed by atoms with van der Waals surface area (Å²) in [4.78, 5) is 40.1. The number of thiophene rings is 1. The number of hydrogen-bond acceptors (Lipinski definition) is 5. The van der Waals surface area contributed by atoms with E-state index in [4.69, 9.17) is 4.74 Å². The predicted molar refractivity (Wildman–Crippen MR) is 109 cm³/mol. The highest BCUT2D eigenvalue weighted by Crippen LogP contribution is 2.36. The fraction of sp³-hybridized carbons (Fsp3) is 0.381. The summed E-state index contributed by atoms with van der Waals surface area (Å²) in [6, 6.07) is 8.59. The molecule has 1 unspecified atom stereocenters. The van der Waals surface area contributed by atoms with E-state index in [0.717, 1.165) is 0 Å². The van der Waals surface area contributed by atoms with Crippen molar-refractivity contribution in [2.24, 2.45) is 0 Å². The molecular weight excluding hydrogens is 376 g/mol. The van der Waals surface area contributed by atoms with Gasteiger partial charge in [0.05, 0.1) is 10.6 Å². The highest BCUT2D eigenvalue weighted by Gasteiger charge is 2.35. The number of carbonyl (C=O) groups excluding carboxylic acids is 3. The summed E-state index contributed by atoms with van der Waals surface area (Å²) in [5, 5.41) is 4.71. The summed E-state index contributed by atoms with van der Waals surface area (Å²) in [5.41, 5.74) is 0.492. The van der Waals surface area contributed by atoms with E-state index in [-0.39, 0.29) is 24.1 Å². The first-order valence-corrected chi connectivity index (χ1v) is 10.1. The molecule has 28 heavy (non-hydrogen) atoms. The molecule has 1 N–H and O–H groups in total. The van der Waals surface area contributed by atoms with E-state index < -0.39 is 11.6 Å². The molecule has 2 heterocycles. The first-order valence-electron chi connectivity index (χ1n) is 9.21. The minimum atomic E-state index is -0.645. The maximum absolute atomic E-state index is 12.9. The lowest BCUT2D eigenvalue weighted by molar-refractivity contribution is -0.129. The van der Waals surface area contributed by atoms with Gasteiger partial charge in [-0.15, -0.1) is 11.3 Å². The van der Waals surface area contributed by atoms with E-state index in [1.165, 1.54) is 16.2 Å². The van der Waals surface area contributed by atoms with Gasteiger partial charge in [0, 0.05) is 11.1 Å². The lowest BCUT2D eigenvalue weighted by atomic mass is 10.0. The summed E-state index contributed by atoms with van der Waals surface area (Å²) in [6.07, 6.45) is -0.153. The maximum Gasteiger partial charge on any atom is 0.268 e. The lowest BCUT2D eigenvalue weighted by Crippen LogP contribution is -2.52. The first kappa shape index (κ1) is 20.1. The van der Waals surface area contributed by atoms with Crippen molar-refractivity contribution in [2.75, 3.05) is 11.4 Å². The number of benzene rings is 1. The quantitative estimate of drug-likeness (QED) is 0.781. The minimum Gasteiger partial charge on any atom is -0.478 e. The summed E-state index contributed by atoms with van der Waals surface area (Å²) < 4.78 is 5.80. The molecule has 1 aromatic carbocycles. The summed E-state index contributed by atoms with van der Waals surface area (Å²) in [5.74, 6) is -0.169. The fourth-order valence-electron chi connectivity index (χ4n) is 3.04. The molecule has 1 aromatic heterocycles. The molecule has 0 spiro atoms. The second-order valence-electron chi connectivity index (χ2n) is 7.73. The highest BCUT2D eigenvalue weighted by molar-refractivity contribution is 7.12. The van der Waals surface area contributed by atoms with Gasteiger partial charge in [0.1, 0.15) is 12.3 Å². The fourth-order valence-corrected chi connectivity index (χ4v) is 3.72. The van der Waals surface area contributed by atoms with Crippen molar-refractivity contribution in [3.8, 4) is 5.75 Å². The van der Waals surface area contributed by atoms with Crippen LogP contribution in [0.3, 0.4) is 0 Å². The first-order chi connectivity index (χ1) is 13.2. The Labute approximate surface area is 168 Å². The summed E-state index contributed by atoms with van der Waals surface area (Å²) >= 11 is 1.36. The minimum absolute atomic E-state index is 0.123. The molecule has 0 bridgehead atoms. The molecule has 0 saturated carbocycles. The van der Waals surface area contributed by atoms with Gasteiger partial charge in [-0.25, -0.2) is 0 Å². The molecule has 7 heteroatoms. The molecule has 2 amide bonds. The molecule has 1 aliphatic heterocycles. The van der Waals surface area contributed by atoms with Gasteiger partial charge < -0.3 is 10.1 Å². The van der Waals surface area contributed by atoms with Crippen LogP contribution in [0.4, 0.5) is 5.69 Å². The number of fused-ring (bicyclic) bond motifs is 1. The summed E-state index contributed by atoms with van der Waals surface area (Å²) in [7, 11) is 0. The molecular formula is C21H24N2O4S. The number of nitrogens with zero attached hydrogens (tertiary/aromatic N) is 1. The van der Waals surface area contributed by atoms with E-state index in [9.17, 15) is 14.4 Å². The van der Waals surface area contributed by atoms with Crippen LogP contribution in [0, 0.1) is 0 Å². The van der Waals surface area contributed by atoms with Gasteiger partial charge in [0.2, 0.25) is 11.7 Å². The third-order valence-electron chi connectivity index (χ3n) is 4.25. The average Bonchev–Trinajstić information content (AvgIpc) is 3.16. The second kappa shape index (κ2) is 7.75. The van der Waals surface area contributed by atoms with Crippen molar-refractivity contribution < 1.29 is 19.1 Å². The van der Waals surface area contributed by atoms with Crippen molar-refractivity contribution in [3.63, 3.8) is 0 Å². The van der Waals surface area contributed by atoms with Gasteiger partial charge in [0.25, 0.3) is 5.91 Å². The average molecular weight is 401 g/mol. The Balaban J connectivity index is 1.95. The van der Waals surface area contributed by atoms with Crippen LogP contribution in [0.2, 0.25) is 0 Å². The molecule has 0 radical (unpaired) electrons. The van der Waals surface area contributed by atoms with Crippen molar-refractivity contribution in [1.29, 1.82) is 0 Å².